The minimum absolute atomic E-state index is 0.155. The third-order valence-corrected chi connectivity index (χ3v) is 5.07. The zero-order valence-corrected chi connectivity index (χ0v) is 17.3. The van der Waals surface area contributed by atoms with Crippen molar-refractivity contribution in [3.8, 4) is 11.1 Å². The summed E-state index contributed by atoms with van der Waals surface area (Å²) in [6, 6.07) is 18.0. The van der Waals surface area contributed by atoms with Crippen molar-refractivity contribution in [1.29, 1.82) is 0 Å². The summed E-state index contributed by atoms with van der Waals surface area (Å²) in [5.74, 6) is -1.57. The number of rotatable bonds is 9. The van der Waals surface area contributed by atoms with E-state index in [0.717, 1.165) is 16.7 Å². The maximum absolute atomic E-state index is 12.5. The van der Waals surface area contributed by atoms with E-state index >= 15 is 0 Å². The van der Waals surface area contributed by atoms with Gasteiger partial charge in [-0.2, -0.15) is 0 Å². The summed E-state index contributed by atoms with van der Waals surface area (Å²) >= 11 is 0. The number of benzene rings is 2. The predicted molar refractivity (Wildman–Crippen MR) is 116 cm³/mol. The maximum atomic E-state index is 12.5. The van der Waals surface area contributed by atoms with E-state index in [-0.39, 0.29) is 18.4 Å². The van der Waals surface area contributed by atoms with Gasteiger partial charge in [-0.05, 0) is 29.5 Å². The smallest absolute Gasteiger partial charge is 0.306 e. The lowest BCUT2D eigenvalue weighted by molar-refractivity contribution is -0.141. The molecule has 0 saturated carbocycles. The van der Waals surface area contributed by atoms with Gasteiger partial charge in [-0.3, -0.25) is 9.59 Å². The van der Waals surface area contributed by atoms with Crippen LogP contribution in [0.1, 0.15) is 24.6 Å². The van der Waals surface area contributed by atoms with Crippen LogP contribution in [0.25, 0.3) is 11.1 Å². The second kappa shape index (κ2) is 9.87. The Morgan fingerprint density at radius 1 is 1.07 bits per heavy atom. The number of carboxylic acid groups (broad SMARTS) is 1. The van der Waals surface area contributed by atoms with Gasteiger partial charge in [0.25, 0.3) is 0 Å². The zero-order valence-electron chi connectivity index (χ0n) is 17.3. The normalized spacial score (nSPS) is 12.9. The van der Waals surface area contributed by atoms with Gasteiger partial charge in [0.1, 0.15) is 0 Å². The number of aryl methyl sites for hydroxylation is 1. The molecule has 2 aromatic carbocycles. The van der Waals surface area contributed by atoms with E-state index in [9.17, 15) is 14.7 Å². The van der Waals surface area contributed by atoms with Gasteiger partial charge in [0, 0.05) is 19.3 Å². The van der Waals surface area contributed by atoms with Crippen LogP contribution in [0.15, 0.2) is 67.1 Å². The lowest BCUT2D eigenvalue weighted by Crippen LogP contribution is -2.39. The molecule has 0 saturated heterocycles. The van der Waals surface area contributed by atoms with Gasteiger partial charge < -0.3 is 15.0 Å². The van der Waals surface area contributed by atoms with Gasteiger partial charge in [-0.15, -0.1) is 0 Å². The number of aliphatic carboxylic acids is 1. The van der Waals surface area contributed by atoms with Crippen molar-refractivity contribution in [1.82, 2.24) is 14.9 Å². The van der Waals surface area contributed by atoms with Crippen molar-refractivity contribution in [3.05, 3.63) is 78.4 Å². The Labute approximate surface area is 176 Å². The molecule has 30 heavy (non-hydrogen) atoms. The number of carboxylic acids is 1. The molecule has 0 radical (unpaired) electrons. The Morgan fingerprint density at radius 3 is 2.33 bits per heavy atom. The van der Waals surface area contributed by atoms with Crippen molar-refractivity contribution >= 4 is 11.9 Å². The number of nitrogens with zero attached hydrogens (tertiary/aromatic N) is 2. The van der Waals surface area contributed by atoms with Crippen LogP contribution in [0.5, 0.6) is 0 Å². The van der Waals surface area contributed by atoms with E-state index in [1.54, 1.807) is 24.0 Å². The van der Waals surface area contributed by atoms with E-state index in [2.05, 4.69) is 34.6 Å². The van der Waals surface area contributed by atoms with E-state index in [0.29, 0.717) is 18.5 Å². The number of hydrogen-bond donors (Lipinski definition) is 2. The van der Waals surface area contributed by atoms with Crippen molar-refractivity contribution in [2.75, 3.05) is 0 Å². The van der Waals surface area contributed by atoms with Gasteiger partial charge in [0.2, 0.25) is 5.91 Å². The van der Waals surface area contributed by atoms with Gasteiger partial charge in [-0.1, -0.05) is 61.5 Å². The van der Waals surface area contributed by atoms with E-state index in [1.807, 2.05) is 37.4 Å². The molecule has 2 atom stereocenters. The molecule has 2 N–H and O–H groups in total. The van der Waals surface area contributed by atoms with E-state index < -0.39 is 11.9 Å². The second-order valence-electron chi connectivity index (χ2n) is 7.71. The zero-order chi connectivity index (χ0) is 21.5. The quantitative estimate of drug-likeness (QED) is 0.571. The molecule has 0 bridgehead atoms. The molecule has 1 amide bonds. The molecule has 1 aromatic heterocycles. The molecule has 6 heteroatoms. The Morgan fingerprint density at radius 2 is 1.73 bits per heavy atom. The van der Waals surface area contributed by atoms with Crippen LogP contribution in [0.3, 0.4) is 0 Å². The van der Waals surface area contributed by atoms with Crippen LogP contribution in [0, 0.1) is 5.92 Å². The summed E-state index contributed by atoms with van der Waals surface area (Å²) < 4.78 is 1.79. The Kier molecular flexibility index (Phi) is 7.01. The third kappa shape index (κ3) is 6.04. The molecular weight excluding hydrogens is 378 g/mol. The standard InChI is InChI=1S/C24H27N3O3/c1-17(24(29)30)12-21(26-23(28)14-22-15-27(2)16-25-22)13-18-8-10-20(11-9-18)19-6-4-3-5-7-19/h3-11,15-17,21H,12-14H2,1-2H3,(H,26,28)(H,29,30)/t17-,21+/m1/s1. The summed E-state index contributed by atoms with van der Waals surface area (Å²) in [5.41, 5.74) is 4.00. The predicted octanol–water partition coefficient (Wildman–Crippen LogP) is 3.47. The van der Waals surface area contributed by atoms with Crippen molar-refractivity contribution in [3.63, 3.8) is 0 Å². The first-order valence-electron chi connectivity index (χ1n) is 10.0. The molecule has 0 unspecified atom stereocenters. The highest BCUT2D eigenvalue weighted by Crippen LogP contribution is 2.20. The summed E-state index contributed by atoms with van der Waals surface area (Å²) in [7, 11) is 1.85. The maximum Gasteiger partial charge on any atom is 0.306 e. The second-order valence-corrected chi connectivity index (χ2v) is 7.71. The molecule has 1 heterocycles. The number of imidazole rings is 1. The van der Waals surface area contributed by atoms with Gasteiger partial charge in [0.05, 0.1) is 24.4 Å². The molecular formula is C24H27N3O3. The van der Waals surface area contributed by atoms with Crippen molar-refractivity contribution < 1.29 is 14.7 Å². The Bertz CT molecular complexity index is 980. The monoisotopic (exact) mass is 405 g/mol. The van der Waals surface area contributed by atoms with Crippen LogP contribution in [0.4, 0.5) is 0 Å². The van der Waals surface area contributed by atoms with Crippen LogP contribution in [-0.4, -0.2) is 32.6 Å². The summed E-state index contributed by atoms with van der Waals surface area (Å²) in [5, 5.41) is 12.3. The number of nitrogens with one attached hydrogen (secondary N) is 1. The van der Waals surface area contributed by atoms with E-state index in [1.165, 1.54) is 0 Å². The molecule has 156 valence electrons. The topological polar surface area (TPSA) is 84.2 Å². The molecule has 0 aliphatic rings. The molecule has 0 spiro atoms. The molecule has 3 aromatic rings. The molecule has 6 nitrogen and oxygen atoms in total. The molecule has 3 rings (SSSR count). The first kappa shape index (κ1) is 21.3. The summed E-state index contributed by atoms with van der Waals surface area (Å²) in [4.78, 5) is 28.0. The van der Waals surface area contributed by atoms with Gasteiger partial charge in [0.15, 0.2) is 0 Å². The largest absolute Gasteiger partial charge is 0.481 e. The summed E-state index contributed by atoms with van der Waals surface area (Å²) in [6.07, 6.45) is 4.56. The number of amides is 1. The first-order valence-corrected chi connectivity index (χ1v) is 10.0. The molecule has 0 aliphatic heterocycles. The average molecular weight is 405 g/mol. The van der Waals surface area contributed by atoms with Gasteiger partial charge in [-0.25, -0.2) is 4.98 Å². The molecule has 0 aliphatic carbocycles. The Balaban J connectivity index is 1.68. The fourth-order valence-electron chi connectivity index (χ4n) is 3.47. The number of carbonyl (C=O) groups is 2. The van der Waals surface area contributed by atoms with Crippen molar-refractivity contribution in [2.45, 2.75) is 32.2 Å². The molecule has 0 fully saturated rings. The fourth-order valence-corrected chi connectivity index (χ4v) is 3.47. The highest BCUT2D eigenvalue weighted by molar-refractivity contribution is 5.78. The van der Waals surface area contributed by atoms with Crippen LogP contribution in [-0.2, 0) is 29.5 Å². The SMILES string of the molecule is C[C@H](C[C@@H](Cc1ccc(-c2ccccc2)cc1)NC(=O)Cc1cn(C)cn1)C(=O)O. The van der Waals surface area contributed by atoms with Gasteiger partial charge >= 0.3 is 5.97 Å². The third-order valence-electron chi connectivity index (χ3n) is 5.07. The highest BCUT2D eigenvalue weighted by Gasteiger charge is 2.21. The minimum atomic E-state index is -0.863. The van der Waals surface area contributed by atoms with Crippen molar-refractivity contribution in [2.24, 2.45) is 13.0 Å². The lowest BCUT2D eigenvalue weighted by atomic mass is 9.95. The Hall–Kier alpha value is -3.41. The number of aromatic nitrogens is 2. The minimum Gasteiger partial charge on any atom is -0.481 e. The van der Waals surface area contributed by atoms with E-state index in [4.69, 9.17) is 0 Å². The van der Waals surface area contributed by atoms with Crippen LogP contribution < -0.4 is 5.32 Å². The highest BCUT2D eigenvalue weighted by atomic mass is 16.4. The lowest BCUT2D eigenvalue weighted by Gasteiger charge is -2.21. The van der Waals surface area contributed by atoms with Crippen LogP contribution in [0.2, 0.25) is 0 Å². The number of hydrogen-bond acceptors (Lipinski definition) is 3. The van der Waals surface area contributed by atoms with Crippen LogP contribution >= 0.6 is 0 Å². The first-order chi connectivity index (χ1) is 14.4. The fraction of sp³-hybridized carbons (Fsp3) is 0.292. The number of carbonyl (C=O) groups excluding carboxylic acids is 1. The summed E-state index contributed by atoms with van der Waals surface area (Å²) in [6.45, 7) is 1.67. The average Bonchev–Trinajstić information content (AvgIpc) is 3.13.